The molecule has 1 aliphatic carbocycles. The average molecular weight is 593 g/mol. The molecule has 5 rings (SSSR count). The van der Waals surface area contributed by atoms with Crippen molar-refractivity contribution >= 4 is 62.9 Å². The number of nitrogens with one attached hydrogen (secondary N) is 1. The van der Waals surface area contributed by atoms with Gasteiger partial charge in [-0.15, -0.1) is 21.5 Å². The molecule has 10 nitrogen and oxygen atoms in total. The Kier molecular flexibility index (Phi) is 7.50. The third-order valence-electron chi connectivity index (χ3n) is 6.52. The Bertz CT molecular complexity index is 1620. The fourth-order valence-corrected chi connectivity index (χ4v) is 7.40. The van der Waals surface area contributed by atoms with E-state index in [0.717, 1.165) is 10.6 Å². The van der Waals surface area contributed by atoms with Crippen LogP contribution in [0.2, 0.25) is 0 Å². The Morgan fingerprint density at radius 1 is 1.27 bits per heavy atom. The van der Waals surface area contributed by atoms with E-state index in [1.165, 1.54) is 46.6 Å². The Hall–Kier alpha value is -3.99. The number of aromatic carboxylic acids is 1. The fourth-order valence-electron chi connectivity index (χ4n) is 4.87. The molecule has 1 atom stereocenters. The quantitative estimate of drug-likeness (QED) is 0.319. The summed E-state index contributed by atoms with van der Waals surface area (Å²) in [5, 5.41) is 32.8. The molecule has 0 radical (unpaired) electrons. The van der Waals surface area contributed by atoms with Gasteiger partial charge in [0.1, 0.15) is 5.82 Å². The van der Waals surface area contributed by atoms with Gasteiger partial charge in [-0.05, 0) is 41.5 Å². The molecule has 0 fully saturated rings. The van der Waals surface area contributed by atoms with Crippen LogP contribution in [0.25, 0.3) is 0 Å². The fraction of sp³-hybridized carbons (Fsp3) is 0.259. The highest BCUT2D eigenvalue weighted by Gasteiger charge is 2.45. The largest absolute Gasteiger partial charge is 0.478 e. The zero-order valence-corrected chi connectivity index (χ0v) is 24.0. The van der Waals surface area contributed by atoms with Crippen LogP contribution in [-0.4, -0.2) is 38.7 Å². The van der Waals surface area contributed by atoms with Crippen molar-refractivity contribution in [2.45, 2.75) is 36.9 Å². The van der Waals surface area contributed by atoms with Gasteiger partial charge < -0.3 is 16.2 Å². The maximum absolute atomic E-state index is 13.5. The normalized spacial score (nSPS) is 18.4. The predicted molar refractivity (Wildman–Crippen MR) is 154 cm³/mol. The minimum absolute atomic E-state index is 0.0145. The van der Waals surface area contributed by atoms with Crippen LogP contribution in [0.4, 0.5) is 10.8 Å². The van der Waals surface area contributed by atoms with Crippen molar-refractivity contribution in [1.29, 1.82) is 5.26 Å². The molecule has 1 unspecified atom stereocenters. The number of carboxylic acids is 1. The number of nitriles is 1. The summed E-state index contributed by atoms with van der Waals surface area (Å²) in [4.78, 5) is 39.8. The number of nitrogens with two attached hydrogens (primary N) is 1. The van der Waals surface area contributed by atoms with Crippen LogP contribution in [0.3, 0.4) is 0 Å². The number of hydrogen-bond acceptors (Lipinski definition) is 11. The number of amides is 1. The van der Waals surface area contributed by atoms with Gasteiger partial charge in [-0.3, -0.25) is 14.5 Å². The average Bonchev–Trinajstić information content (AvgIpc) is 3.59. The number of thiophene rings is 1. The lowest BCUT2D eigenvalue weighted by molar-refractivity contribution is -0.118. The molecule has 204 valence electrons. The van der Waals surface area contributed by atoms with Crippen molar-refractivity contribution < 1.29 is 19.5 Å². The maximum Gasteiger partial charge on any atom is 0.335 e. The van der Waals surface area contributed by atoms with Gasteiger partial charge in [0.25, 0.3) is 0 Å². The molecule has 3 heterocycles. The van der Waals surface area contributed by atoms with Gasteiger partial charge >= 0.3 is 5.97 Å². The van der Waals surface area contributed by atoms with Gasteiger partial charge in [0, 0.05) is 28.3 Å². The first-order valence-electron chi connectivity index (χ1n) is 12.2. The molecule has 1 aliphatic heterocycles. The van der Waals surface area contributed by atoms with Gasteiger partial charge in [-0.25, -0.2) is 4.79 Å². The van der Waals surface area contributed by atoms with Crippen LogP contribution in [0, 0.1) is 16.7 Å². The highest BCUT2D eigenvalue weighted by Crippen LogP contribution is 2.51. The predicted octanol–water partition coefficient (Wildman–Crippen LogP) is 4.97. The maximum atomic E-state index is 13.5. The number of anilines is 2. The van der Waals surface area contributed by atoms with Crippen LogP contribution >= 0.6 is 34.4 Å². The van der Waals surface area contributed by atoms with Crippen molar-refractivity contribution in [3.8, 4) is 6.07 Å². The highest BCUT2D eigenvalue weighted by molar-refractivity contribution is 8.01. The van der Waals surface area contributed by atoms with Crippen molar-refractivity contribution in [1.82, 2.24) is 10.2 Å². The van der Waals surface area contributed by atoms with Crippen LogP contribution in [0.15, 0.2) is 68.8 Å². The van der Waals surface area contributed by atoms with Crippen LogP contribution < -0.4 is 16.0 Å². The Labute approximate surface area is 242 Å². The van der Waals surface area contributed by atoms with E-state index in [-0.39, 0.29) is 34.2 Å². The summed E-state index contributed by atoms with van der Waals surface area (Å²) in [6, 6.07) is 12.0. The van der Waals surface area contributed by atoms with Gasteiger partial charge in [0.05, 0.1) is 28.9 Å². The lowest BCUT2D eigenvalue weighted by Crippen LogP contribution is -2.42. The zero-order chi connectivity index (χ0) is 28.6. The minimum Gasteiger partial charge on any atom is -0.478 e. The van der Waals surface area contributed by atoms with Crippen LogP contribution in [-0.2, 0) is 9.59 Å². The lowest BCUT2D eigenvalue weighted by Gasteiger charge is -2.42. The molecule has 0 saturated carbocycles. The first-order chi connectivity index (χ1) is 19.1. The molecule has 1 amide bonds. The molecule has 0 spiro atoms. The van der Waals surface area contributed by atoms with Gasteiger partial charge in [-0.1, -0.05) is 49.1 Å². The molecule has 0 saturated heterocycles. The zero-order valence-electron chi connectivity index (χ0n) is 21.5. The van der Waals surface area contributed by atoms with E-state index in [4.69, 9.17) is 10.8 Å². The molecule has 1 aromatic carbocycles. The highest BCUT2D eigenvalue weighted by atomic mass is 32.2. The summed E-state index contributed by atoms with van der Waals surface area (Å²) in [5.41, 5.74) is 8.35. The summed E-state index contributed by atoms with van der Waals surface area (Å²) in [7, 11) is 0. The number of aromatic nitrogens is 2. The van der Waals surface area contributed by atoms with Crippen molar-refractivity contribution in [2.24, 2.45) is 11.1 Å². The molecule has 13 heteroatoms. The number of benzene rings is 1. The Morgan fingerprint density at radius 3 is 2.77 bits per heavy atom. The number of allylic oxidation sites excluding steroid dienone is 3. The Balaban J connectivity index is 1.41. The molecule has 40 heavy (non-hydrogen) atoms. The molecule has 3 aromatic rings. The van der Waals surface area contributed by atoms with Crippen LogP contribution in [0.1, 0.15) is 47.8 Å². The molecule has 0 bridgehead atoms. The monoisotopic (exact) mass is 592 g/mol. The van der Waals surface area contributed by atoms with E-state index >= 15 is 0 Å². The number of thioether (sulfide) groups is 1. The van der Waals surface area contributed by atoms with Gasteiger partial charge in [-0.2, -0.15) is 5.26 Å². The summed E-state index contributed by atoms with van der Waals surface area (Å²) < 4.78 is 0.500. The summed E-state index contributed by atoms with van der Waals surface area (Å²) >= 11 is 3.85. The second-order valence-corrected chi connectivity index (χ2v) is 13.2. The second-order valence-electron chi connectivity index (χ2n) is 10.1. The van der Waals surface area contributed by atoms with Crippen LogP contribution in [0.5, 0.6) is 0 Å². The molecule has 2 aliphatic rings. The van der Waals surface area contributed by atoms with Crippen molar-refractivity contribution in [3.05, 3.63) is 74.9 Å². The second kappa shape index (κ2) is 10.9. The van der Waals surface area contributed by atoms with Gasteiger partial charge in [0.15, 0.2) is 10.1 Å². The number of carbonyl (C=O) groups excluding carboxylic acids is 2. The minimum atomic E-state index is -1.08. The SMILES string of the molecule is CC1(C)CC(=O)C2=C(C1)N(c1nnc(SCC(=O)Nc3cccc(C(=O)O)c3)s1)C(N)=C(C#N)C2c1cccs1. The molecular weight excluding hydrogens is 569 g/mol. The standard InChI is InChI=1S/C27H24N6O4S3/c1-27(2)10-17-22(18(34)11-27)21(19-7-4-8-38-19)16(12-28)23(29)33(17)25-31-32-26(40-25)39-13-20(35)30-15-6-3-5-14(9-15)24(36)37/h3-9,21H,10-11,13,29H2,1-2H3,(H,30,35)(H,36,37). The van der Waals surface area contributed by atoms with E-state index in [9.17, 15) is 19.6 Å². The molecular formula is C27H24N6O4S3. The van der Waals surface area contributed by atoms with E-state index in [1.807, 2.05) is 31.4 Å². The third kappa shape index (κ3) is 5.38. The number of Topliss-reactive ketones (excluding diaryl/α,β-unsaturated/α-hetero) is 1. The van der Waals surface area contributed by atoms with E-state index in [1.54, 1.807) is 17.0 Å². The number of carbonyl (C=O) groups is 3. The lowest BCUT2D eigenvalue weighted by atomic mass is 9.70. The van der Waals surface area contributed by atoms with Gasteiger partial charge in [0.2, 0.25) is 11.0 Å². The topological polar surface area (TPSA) is 162 Å². The van der Waals surface area contributed by atoms with E-state index in [2.05, 4.69) is 21.6 Å². The van der Waals surface area contributed by atoms with E-state index < -0.39 is 11.9 Å². The van der Waals surface area contributed by atoms with Crippen molar-refractivity contribution in [2.75, 3.05) is 16.0 Å². The summed E-state index contributed by atoms with van der Waals surface area (Å²) in [6.45, 7) is 4.05. The smallest absolute Gasteiger partial charge is 0.335 e. The summed E-state index contributed by atoms with van der Waals surface area (Å²) in [5.74, 6) is -1.73. The number of hydrogen-bond donors (Lipinski definition) is 3. The summed E-state index contributed by atoms with van der Waals surface area (Å²) in [6.07, 6.45) is 0.928. The molecule has 4 N–H and O–H groups in total. The number of nitrogens with zero attached hydrogens (tertiary/aromatic N) is 4. The first-order valence-corrected chi connectivity index (χ1v) is 14.8. The molecule has 2 aromatic heterocycles. The Morgan fingerprint density at radius 2 is 2.08 bits per heavy atom. The van der Waals surface area contributed by atoms with Crippen molar-refractivity contribution in [3.63, 3.8) is 0 Å². The first kappa shape index (κ1) is 27.6. The van der Waals surface area contributed by atoms with E-state index in [0.29, 0.717) is 39.1 Å². The number of ketones is 1. The third-order valence-corrected chi connectivity index (χ3v) is 9.49. The number of carboxylic acid groups (broad SMARTS) is 1. The number of rotatable bonds is 7.